The Bertz CT molecular complexity index is 3110. The van der Waals surface area contributed by atoms with E-state index in [0.717, 1.165) is 55.5 Å². The molecule has 1 heterocycles. The fourth-order valence-corrected chi connectivity index (χ4v) is 9.81. The molecule has 0 N–H and O–H groups in total. The van der Waals surface area contributed by atoms with Crippen LogP contribution in [0.2, 0.25) is 0 Å². The Morgan fingerprint density at radius 1 is 0.364 bits per heavy atom. The van der Waals surface area contributed by atoms with Crippen molar-refractivity contribution in [3.8, 4) is 33.4 Å². The predicted octanol–water partition coefficient (Wildman–Crippen LogP) is 14.2. The van der Waals surface area contributed by atoms with Crippen molar-refractivity contribution >= 4 is 49.8 Å². The summed E-state index contributed by atoms with van der Waals surface area (Å²) < 4.78 is 6.53. The zero-order valence-corrected chi connectivity index (χ0v) is 29.9. The second kappa shape index (κ2) is 11.4. The normalized spacial score (nSPS) is 13.2. The van der Waals surface area contributed by atoms with Crippen LogP contribution in [0.5, 0.6) is 0 Å². The van der Waals surface area contributed by atoms with Crippen molar-refractivity contribution in [2.24, 2.45) is 0 Å². The van der Waals surface area contributed by atoms with Crippen LogP contribution in [0.4, 0.5) is 17.1 Å². The quantitative estimate of drug-likeness (QED) is 0.182. The lowest BCUT2D eigenvalue weighted by atomic mass is 9.70. The molecule has 0 unspecified atom stereocenters. The minimum Gasteiger partial charge on any atom is -0.455 e. The largest absolute Gasteiger partial charge is 0.455 e. The number of fused-ring (bicyclic) bond motifs is 15. The summed E-state index contributed by atoms with van der Waals surface area (Å²) in [7, 11) is 0. The van der Waals surface area contributed by atoms with E-state index in [2.05, 4.69) is 205 Å². The van der Waals surface area contributed by atoms with Gasteiger partial charge in [0.2, 0.25) is 0 Å². The third-order valence-electron chi connectivity index (χ3n) is 12.1. The minimum absolute atomic E-state index is 0.422. The SMILES string of the molecule is c1ccc(N(c2ccc3c(c2)C2(c4ccccc4-c4ccccc42)c2ccccc2-3)c2ccccc2-c2ccc3oc4c5ccccc5ccc4c3c2)cc1. The summed E-state index contributed by atoms with van der Waals surface area (Å²) in [5, 5.41) is 4.57. The van der Waals surface area contributed by atoms with Crippen molar-refractivity contribution in [2.45, 2.75) is 5.41 Å². The van der Waals surface area contributed by atoms with Crippen molar-refractivity contribution in [3.63, 3.8) is 0 Å². The highest BCUT2D eigenvalue weighted by Crippen LogP contribution is 2.63. The molecule has 2 aliphatic carbocycles. The fourth-order valence-electron chi connectivity index (χ4n) is 9.81. The maximum Gasteiger partial charge on any atom is 0.143 e. The molecule has 1 spiro atoms. The molecular formula is C53H33NO. The van der Waals surface area contributed by atoms with Gasteiger partial charge in [-0.3, -0.25) is 0 Å². The second-order valence-electron chi connectivity index (χ2n) is 14.8. The van der Waals surface area contributed by atoms with Gasteiger partial charge in [0.05, 0.1) is 11.1 Å². The Morgan fingerprint density at radius 2 is 0.964 bits per heavy atom. The Morgan fingerprint density at radius 3 is 1.69 bits per heavy atom. The van der Waals surface area contributed by atoms with Gasteiger partial charge >= 0.3 is 0 Å². The highest BCUT2D eigenvalue weighted by molar-refractivity contribution is 6.15. The first-order chi connectivity index (χ1) is 27.3. The van der Waals surface area contributed by atoms with Crippen molar-refractivity contribution in [1.82, 2.24) is 0 Å². The van der Waals surface area contributed by atoms with E-state index >= 15 is 0 Å². The topological polar surface area (TPSA) is 16.4 Å². The first-order valence-corrected chi connectivity index (χ1v) is 19.0. The number of hydrogen-bond donors (Lipinski definition) is 0. The van der Waals surface area contributed by atoms with Gasteiger partial charge in [-0.25, -0.2) is 0 Å². The van der Waals surface area contributed by atoms with E-state index in [0.29, 0.717) is 0 Å². The molecule has 0 amide bonds. The van der Waals surface area contributed by atoms with Gasteiger partial charge in [0, 0.05) is 33.1 Å². The number of anilines is 3. The summed E-state index contributed by atoms with van der Waals surface area (Å²) in [6, 6.07) is 73.3. The van der Waals surface area contributed by atoms with E-state index < -0.39 is 5.41 Å². The lowest BCUT2D eigenvalue weighted by Crippen LogP contribution is -2.26. The maximum atomic E-state index is 6.53. The van der Waals surface area contributed by atoms with Gasteiger partial charge in [-0.15, -0.1) is 0 Å². The Hall–Kier alpha value is -7.16. The molecule has 2 heteroatoms. The highest BCUT2D eigenvalue weighted by atomic mass is 16.3. The van der Waals surface area contributed by atoms with E-state index in [1.54, 1.807) is 0 Å². The van der Waals surface area contributed by atoms with Gasteiger partial charge in [-0.2, -0.15) is 0 Å². The van der Waals surface area contributed by atoms with Gasteiger partial charge < -0.3 is 9.32 Å². The van der Waals surface area contributed by atoms with Crippen LogP contribution in [0.1, 0.15) is 22.3 Å². The molecule has 0 radical (unpaired) electrons. The molecule has 2 nitrogen and oxygen atoms in total. The van der Waals surface area contributed by atoms with E-state index in [9.17, 15) is 0 Å². The predicted molar refractivity (Wildman–Crippen MR) is 228 cm³/mol. The fraction of sp³-hybridized carbons (Fsp3) is 0.0189. The molecule has 55 heavy (non-hydrogen) atoms. The Labute approximate surface area is 319 Å². The molecule has 0 fully saturated rings. The molecule has 0 saturated heterocycles. The summed E-state index contributed by atoms with van der Waals surface area (Å²) in [4.78, 5) is 2.43. The zero-order chi connectivity index (χ0) is 36.1. The van der Waals surface area contributed by atoms with Crippen LogP contribution in [-0.2, 0) is 5.41 Å². The maximum absolute atomic E-state index is 6.53. The highest BCUT2D eigenvalue weighted by Gasteiger charge is 2.51. The van der Waals surface area contributed by atoms with Crippen LogP contribution in [0.25, 0.3) is 66.1 Å². The molecule has 9 aromatic carbocycles. The lowest BCUT2D eigenvalue weighted by molar-refractivity contribution is 0.672. The summed E-state index contributed by atoms with van der Waals surface area (Å²) in [6.45, 7) is 0. The molecule has 0 aliphatic heterocycles. The number of para-hydroxylation sites is 2. The van der Waals surface area contributed by atoms with Gasteiger partial charge in [0.1, 0.15) is 11.2 Å². The Balaban J connectivity index is 1.09. The van der Waals surface area contributed by atoms with E-state index in [4.69, 9.17) is 4.42 Å². The molecule has 0 bridgehead atoms. The lowest BCUT2D eigenvalue weighted by Gasteiger charge is -2.32. The molecule has 12 rings (SSSR count). The monoisotopic (exact) mass is 699 g/mol. The number of rotatable bonds is 4. The van der Waals surface area contributed by atoms with Crippen LogP contribution in [0, 0.1) is 0 Å². The van der Waals surface area contributed by atoms with Gasteiger partial charge in [-0.1, -0.05) is 152 Å². The third-order valence-corrected chi connectivity index (χ3v) is 12.1. The van der Waals surface area contributed by atoms with Gasteiger partial charge in [0.25, 0.3) is 0 Å². The van der Waals surface area contributed by atoms with E-state index in [1.165, 1.54) is 49.9 Å². The van der Waals surface area contributed by atoms with E-state index in [1.807, 2.05) is 0 Å². The van der Waals surface area contributed by atoms with Crippen molar-refractivity contribution < 1.29 is 4.42 Å². The second-order valence-corrected chi connectivity index (χ2v) is 14.8. The molecule has 10 aromatic rings. The summed E-state index contributed by atoms with van der Waals surface area (Å²) >= 11 is 0. The summed E-state index contributed by atoms with van der Waals surface area (Å²) in [5.74, 6) is 0. The van der Waals surface area contributed by atoms with Crippen LogP contribution in [0.15, 0.2) is 205 Å². The number of hydrogen-bond acceptors (Lipinski definition) is 2. The number of benzene rings is 9. The van der Waals surface area contributed by atoms with Crippen molar-refractivity contribution in [3.05, 3.63) is 222 Å². The van der Waals surface area contributed by atoms with Crippen LogP contribution in [-0.4, -0.2) is 0 Å². The van der Waals surface area contributed by atoms with Crippen molar-refractivity contribution in [1.29, 1.82) is 0 Å². The first-order valence-electron chi connectivity index (χ1n) is 19.0. The van der Waals surface area contributed by atoms with Crippen LogP contribution >= 0.6 is 0 Å². The van der Waals surface area contributed by atoms with Crippen molar-refractivity contribution in [2.75, 3.05) is 4.90 Å². The molecule has 1 aromatic heterocycles. The average molecular weight is 700 g/mol. The Kier molecular flexibility index (Phi) is 6.29. The number of nitrogens with zero attached hydrogens (tertiary/aromatic N) is 1. The molecular weight excluding hydrogens is 667 g/mol. The zero-order valence-electron chi connectivity index (χ0n) is 29.9. The molecule has 2 aliphatic rings. The third kappa shape index (κ3) is 4.14. The first kappa shape index (κ1) is 30.3. The number of furan rings is 1. The smallest absolute Gasteiger partial charge is 0.143 e. The van der Waals surface area contributed by atoms with Crippen LogP contribution in [0.3, 0.4) is 0 Å². The molecule has 0 atom stereocenters. The van der Waals surface area contributed by atoms with Gasteiger partial charge in [0.15, 0.2) is 0 Å². The summed E-state index contributed by atoms with van der Waals surface area (Å²) in [6.07, 6.45) is 0. The molecule has 256 valence electrons. The minimum atomic E-state index is -0.422. The standard InChI is InChI=1S/C53H33NO/c1-2-15-36(16-3-1)54(50-25-13-9-17-38(50)35-27-31-51-45(32-35)44-29-26-34-14-4-5-18-39(34)52(44)55-51)37-28-30-43-42-21-8-12-24-48(42)53(49(43)33-37)46-22-10-6-19-40(46)41-20-7-11-23-47(41)53/h1-33H. The summed E-state index contributed by atoms with van der Waals surface area (Å²) in [5.41, 5.74) is 17.6. The average Bonchev–Trinajstić information content (AvgIpc) is 3.88. The molecule has 0 saturated carbocycles. The van der Waals surface area contributed by atoms with E-state index in [-0.39, 0.29) is 0 Å². The van der Waals surface area contributed by atoms with Gasteiger partial charge in [-0.05, 0) is 104 Å². The van der Waals surface area contributed by atoms with Crippen LogP contribution < -0.4 is 4.90 Å².